The fraction of sp³-hybridized carbons (Fsp3) is 0.450. The van der Waals surface area contributed by atoms with Crippen LogP contribution in [0.2, 0.25) is 0 Å². The summed E-state index contributed by atoms with van der Waals surface area (Å²) in [7, 11) is 0. The standard InChI is InChI=1S/C20H24N4O2S/c1-3-26-19(25)15-7-6-10-22(12-15)13-23-20(27)24-17-9-5-4-8-16(17)14(2)11-18(24)21-23/h4-5,8-9,11,15H,3,6-7,10,12-13H2,1-2H3/t15-/m1/s1. The van der Waals surface area contributed by atoms with Crippen molar-refractivity contribution in [3.05, 3.63) is 40.7 Å². The third-order valence-corrected chi connectivity index (χ3v) is 5.63. The molecule has 0 spiro atoms. The number of pyridine rings is 1. The highest BCUT2D eigenvalue weighted by Crippen LogP contribution is 2.22. The minimum atomic E-state index is -0.0950. The van der Waals surface area contributed by atoms with Gasteiger partial charge in [0.1, 0.15) is 0 Å². The summed E-state index contributed by atoms with van der Waals surface area (Å²) in [6, 6.07) is 10.3. The number of hydrogen-bond acceptors (Lipinski definition) is 5. The summed E-state index contributed by atoms with van der Waals surface area (Å²) in [5.41, 5.74) is 3.12. The molecule has 1 atom stereocenters. The zero-order chi connectivity index (χ0) is 19.0. The Morgan fingerprint density at radius 2 is 2.19 bits per heavy atom. The van der Waals surface area contributed by atoms with Crippen LogP contribution in [0.5, 0.6) is 0 Å². The molecule has 27 heavy (non-hydrogen) atoms. The Hall–Kier alpha value is -2.25. The van der Waals surface area contributed by atoms with E-state index < -0.39 is 0 Å². The maximum Gasteiger partial charge on any atom is 0.310 e. The van der Waals surface area contributed by atoms with Crippen molar-refractivity contribution >= 4 is 34.7 Å². The molecule has 3 aromatic rings. The third kappa shape index (κ3) is 3.37. The number of carbonyl (C=O) groups excluding carboxylic acids is 1. The van der Waals surface area contributed by atoms with Gasteiger partial charge in [-0.05, 0) is 63.1 Å². The van der Waals surface area contributed by atoms with E-state index in [-0.39, 0.29) is 11.9 Å². The maximum atomic E-state index is 12.1. The van der Waals surface area contributed by atoms with Crippen LogP contribution >= 0.6 is 12.2 Å². The number of aromatic nitrogens is 3. The number of carbonyl (C=O) groups is 1. The predicted molar refractivity (Wildman–Crippen MR) is 107 cm³/mol. The Kier molecular flexibility index (Phi) is 4.97. The zero-order valence-electron chi connectivity index (χ0n) is 15.7. The molecule has 1 saturated heterocycles. The lowest BCUT2D eigenvalue weighted by atomic mass is 9.99. The minimum Gasteiger partial charge on any atom is -0.466 e. The number of hydrogen-bond donors (Lipinski definition) is 0. The van der Waals surface area contributed by atoms with Crippen molar-refractivity contribution in [2.24, 2.45) is 5.92 Å². The summed E-state index contributed by atoms with van der Waals surface area (Å²) in [5.74, 6) is -0.157. The van der Waals surface area contributed by atoms with E-state index in [1.807, 2.05) is 28.1 Å². The SMILES string of the molecule is CCOC(=O)[C@@H]1CCCN(Cn2nc3cc(C)c4ccccc4n3c2=S)C1. The molecule has 0 bridgehead atoms. The molecule has 3 heterocycles. The summed E-state index contributed by atoms with van der Waals surface area (Å²) >= 11 is 5.73. The number of benzene rings is 1. The van der Waals surface area contributed by atoms with Gasteiger partial charge in [0.2, 0.25) is 4.77 Å². The van der Waals surface area contributed by atoms with Gasteiger partial charge in [0.15, 0.2) is 5.65 Å². The minimum absolute atomic E-state index is 0.0621. The van der Waals surface area contributed by atoms with E-state index in [0.717, 1.165) is 30.6 Å². The second kappa shape index (κ2) is 7.40. The predicted octanol–water partition coefficient (Wildman–Crippen LogP) is 3.56. The number of nitrogens with zero attached hydrogens (tertiary/aromatic N) is 4. The molecule has 0 N–H and O–H groups in total. The molecule has 1 aliphatic heterocycles. The molecule has 6 nitrogen and oxygen atoms in total. The molecule has 0 saturated carbocycles. The molecule has 0 aliphatic carbocycles. The molecule has 1 fully saturated rings. The van der Waals surface area contributed by atoms with Gasteiger partial charge < -0.3 is 4.74 Å². The van der Waals surface area contributed by atoms with Gasteiger partial charge in [0.25, 0.3) is 0 Å². The fourth-order valence-electron chi connectivity index (χ4n) is 3.94. The van der Waals surface area contributed by atoms with Crippen LogP contribution in [-0.2, 0) is 16.2 Å². The largest absolute Gasteiger partial charge is 0.466 e. The van der Waals surface area contributed by atoms with Gasteiger partial charge in [0, 0.05) is 11.9 Å². The van der Waals surface area contributed by atoms with Gasteiger partial charge in [-0.25, -0.2) is 4.68 Å². The van der Waals surface area contributed by atoms with Crippen LogP contribution in [0.1, 0.15) is 25.3 Å². The number of ether oxygens (including phenoxy) is 1. The Morgan fingerprint density at radius 1 is 1.37 bits per heavy atom. The quantitative estimate of drug-likeness (QED) is 0.509. The first kappa shape index (κ1) is 18.1. The summed E-state index contributed by atoms with van der Waals surface area (Å²) in [5, 5.41) is 5.92. The lowest BCUT2D eigenvalue weighted by Crippen LogP contribution is -2.40. The van der Waals surface area contributed by atoms with Crippen molar-refractivity contribution in [1.29, 1.82) is 0 Å². The number of para-hydroxylation sites is 1. The summed E-state index contributed by atoms with van der Waals surface area (Å²) < 4.78 is 9.78. The van der Waals surface area contributed by atoms with Gasteiger partial charge >= 0.3 is 5.97 Å². The molecule has 1 aliphatic rings. The van der Waals surface area contributed by atoms with Crippen molar-refractivity contribution in [3.63, 3.8) is 0 Å². The van der Waals surface area contributed by atoms with E-state index in [4.69, 9.17) is 22.1 Å². The van der Waals surface area contributed by atoms with Crippen molar-refractivity contribution in [1.82, 2.24) is 19.1 Å². The van der Waals surface area contributed by atoms with Gasteiger partial charge in [-0.15, -0.1) is 0 Å². The highest BCUT2D eigenvalue weighted by atomic mass is 32.1. The number of aryl methyl sites for hydroxylation is 1. The molecule has 0 amide bonds. The molecular formula is C20H24N4O2S. The number of rotatable bonds is 4. The van der Waals surface area contributed by atoms with Crippen molar-refractivity contribution in [2.45, 2.75) is 33.4 Å². The van der Waals surface area contributed by atoms with E-state index in [2.05, 4.69) is 30.0 Å². The molecule has 142 valence electrons. The first-order valence-electron chi connectivity index (χ1n) is 9.45. The van der Waals surface area contributed by atoms with Crippen molar-refractivity contribution < 1.29 is 9.53 Å². The van der Waals surface area contributed by atoms with Crippen LogP contribution in [0.3, 0.4) is 0 Å². The van der Waals surface area contributed by atoms with Crippen molar-refractivity contribution in [2.75, 3.05) is 19.7 Å². The van der Waals surface area contributed by atoms with E-state index in [1.54, 1.807) is 0 Å². The van der Waals surface area contributed by atoms with Gasteiger partial charge in [0.05, 0.1) is 24.7 Å². The topological polar surface area (TPSA) is 51.8 Å². The number of esters is 1. The lowest BCUT2D eigenvalue weighted by Gasteiger charge is -2.31. The molecule has 2 aromatic heterocycles. The second-order valence-corrected chi connectivity index (χ2v) is 7.49. The highest BCUT2D eigenvalue weighted by Gasteiger charge is 2.27. The zero-order valence-corrected chi connectivity index (χ0v) is 16.5. The van der Waals surface area contributed by atoms with E-state index in [1.165, 1.54) is 10.9 Å². The number of piperidine rings is 1. The molecule has 1 aromatic carbocycles. The summed E-state index contributed by atoms with van der Waals surface area (Å²) in [6.07, 6.45) is 1.86. The maximum absolute atomic E-state index is 12.1. The van der Waals surface area contributed by atoms with E-state index in [0.29, 0.717) is 24.6 Å². The monoisotopic (exact) mass is 384 g/mol. The third-order valence-electron chi connectivity index (χ3n) is 5.24. The first-order valence-corrected chi connectivity index (χ1v) is 9.86. The van der Waals surface area contributed by atoms with Crippen LogP contribution in [0.4, 0.5) is 0 Å². The van der Waals surface area contributed by atoms with Gasteiger partial charge in [-0.3, -0.25) is 14.1 Å². The molecule has 4 rings (SSSR count). The second-order valence-electron chi connectivity index (χ2n) is 7.13. The summed E-state index contributed by atoms with van der Waals surface area (Å²) in [6.45, 7) is 6.59. The van der Waals surface area contributed by atoms with Crippen LogP contribution in [0.25, 0.3) is 16.6 Å². The van der Waals surface area contributed by atoms with Gasteiger partial charge in [-0.1, -0.05) is 18.2 Å². The lowest BCUT2D eigenvalue weighted by molar-refractivity contribution is -0.150. The van der Waals surface area contributed by atoms with Crippen molar-refractivity contribution in [3.8, 4) is 0 Å². The first-order chi connectivity index (χ1) is 13.1. The summed E-state index contributed by atoms with van der Waals surface area (Å²) in [4.78, 5) is 14.3. The molecular weight excluding hydrogens is 360 g/mol. The molecule has 7 heteroatoms. The average Bonchev–Trinajstić information content (AvgIpc) is 2.98. The average molecular weight is 385 g/mol. The molecule has 0 radical (unpaired) electrons. The van der Waals surface area contributed by atoms with Crippen LogP contribution in [-0.4, -0.2) is 44.7 Å². The van der Waals surface area contributed by atoms with E-state index in [9.17, 15) is 4.79 Å². The fourth-order valence-corrected chi connectivity index (χ4v) is 4.23. The Morgan fingerprint density at radius 3 is 3.00 bits per heavy atom. The Balaban J connectivity index is 1.65. The highest BCUT2D eigenvalue weighted by molar-refractivity contribution is 7.71. The normalized spacial score (nSPS) is 18.2. The van der Waals surface area contributed by atoms with Crippen LogP contribution < -0.4 is 0 Å². The van der Waals surface area contributed by atoms with E-state index >= 15 is 0 Å². The smallest absolute Gasteiger partial charge is 0.310 e. The van der Waals surface area contributed by atoms with Gasteiger partial charge in [-0.2, -0.15) is 5.10 Å². The number of likely N-dealkylation sites (tertiary alicyclic amines) is 1. The Labute approximate surface area is 163 Å². The molecule has 0 unspecified atom stereocenters. The van der Waals surface area contributed by atoms with Crippen LogP contribution in [0.15, 0.2) is 30.3 Å². The number of fused-ring (bicyclic) bond motifs is 3. The van der Waals surface area contributed by atoms with Crippen LogP contribution in [0, 0.1) is 17.6 Å². The Bertz CT molecular complexity index is 1060.